The lowest BCUT2D eigenvalue weighted by molar-refractivity contribution is -0.120. The minimum atomic E-state index is -1.14. The molecule has 27 heavy (non-hydrogen) atoms. The van der Waals surface area contributed by atoms with Crippen LogP contribution in [0.2, 0.25) is 0 Å². The Morgan fingerprint density at radius 2 is 1.59 bits per heavy atom. The lowest BCUT2D eigenvalue weighted by atomic mass is 9.92. The second-order valence-corrected chi connectivity index (χ2v) is 6.38. The Kier molecular flexibility index (Phi) is 9.12. The predicted molar refractivity (Wildman–Crippen MR) is 112 cm³/mol. The van der Waals surface area contributed by atoms with Gasteiger partial charge in [-0.3, -0.25) is 4.79 Å². The lowest BCUT2D eigenvalue weighted by Gasteiger charge is -2.24. The molecule has 0 aliphatic carbocycles. The number of carbonyl (C=O) groups excluding carboxylic acids is 1. The molecule has 1 atom stereocenters. The highest BCUT2D eigenvalue weighted by Gasteiger charge is 2.30. The van der Waals surface area contributed by atoms with E-state index in [1.54, 1.807) is 19.1 Å². The fourth-order valence-corrected chi connectivity index (χ4v) is 2.42. The van der Waals surface area contributed by atoms with Gasteiger partial charge in [-0.05, 0) is 37.5 Å². The first kappa shape index (κ1) is 22.8. The maximum atomic E-state index is 12.7. The molecule has 0 radical (unpaired) electrons. The Hall–Kier alpha value is -2.24. The van der Waals surface area contributed by atoms with Gasteiger partial charge in [-0.15, -0.1) is 12.4 Å². The number of carbonyl (C=O) groups is 1. The summed E-state index contributed by atoms with van der Waals surface area (Å²) < 4.78 is 11.5. The summed E-state index contributed by atoms with van der Waals surface area (Å²) in [7, 11) is 0. The number of benzene rings is 2. The lowest BCUT2D eigenvalue weighted by Crippen LogP contribution is -2.45. The number of rotatable bonds is 9. The molecule has 0 spiro atoms. The van der Waals surface area contributed by atoms with Crippen LogP contribution < -0.4 is 20.5 Å². The van der Waals surface area contributed by atoms with Gasteiger partial charge in [-0.1, -0.05) is 44.2 Å². The van der Waals surface area contributed by atoms with Crippen LogP contribution >= 0.6 is 12.4 Å². The minimum Gasteiger partial charge on any atom is -0.490 e. The summed E-state index contributed by atoms with van der Waals surface area (Å²) in [6.45, 7) is 6.98. The molecule has 0 aromatic heterocycles. The van der Waals surface area contributed by atoms with Crippen molar-refractivity contribution < 1.29 is 14.3 Å². The van der Waals surface area contributed by atoms with Crippen molar-refractivity contribution >= 4 is 24.0 Å². The van der Waals surface area contributed by atoms with Gasteiger partial charge in [0, 0.05) is 11.8 Å². The first-order chi connectivity index (χ1) is 12.5. The summed E-state index contributed by atoms with van der Waals surface area (Å²) >= 11 is 0. The highest BCUT2D eigenvalue weighted by Crippen LogP contribution is 2.31. The minimum absolute atomic E-state index is 0. The monoisotopic (exact) mass is 392 g/mol. The number of hydrogen-bond acceptors (Lipinski definition) is 4. The van der Waals surface area contributed by atoms with Gasteiger partial charge < -0.3 is 20.5 Å². The second-order valence-electron chi connectivity index (χ2n) is 6.38. The Morgan fingerprint density at radius 1 is 1.00 bits per heavy atom. The summed E-state index contributed by atoms with van der Waals surface area (Å²) in [6.07, 6.45) is 1.80. The van der Waals surface area contributed by atoms with Gasteiger partial charge in [0.15, 0.2) is 11.5 Å². The molecule has 1 amide bonds. The highest BCUT2D eigenvalue weighted by atomic mass is 35.5. The molecular weight excluding hydrogens is 364 g/mol. The van der Waals surface area contributed by atoms with Crippen molar-refractivity contribution in [3.63, 3.8) is 0 Å². The summed E-state index contributed by atoms with van der Waals surface area (Å²) in [4.78, 5) is 12.7. The van der Waals surface area contributed by atoms with E-state index in [1.807, 2.05) is 50.2 Å². The van der Waals surface area contributed by atoms with Gasteiger partial charge in [-0.2, -0.15) is 0 Å². The van der Waals surface area contributed by atoms with E-state index in [-0.39, 0.29) is 18.3 Å². The first-order valence-electron chi connectivity index (χ1n) is 9.04. The van der Waals surface area contributed by atoms with Crippen LogP contribution in [0, 0.1) is 0 Å². The molecule has 0 bridgehead atoms. The number of hydrogen-bond donors (Lipinski definition) is 2. The third-order valence-electron chi connectivity index (χ3n) is 3.97. The van der Waals surface area contributed by atoms with Crippen molar-refractivity contribution in [1.82, 2.24) is 0 Å². The topological polar surface area (TPSA) is 73.6 Å². The SMILES string of the molecule is CCCOc1ccc(NC(=O)C(C)(N)c2ccccc2)cc1OCCC.Cl. The molecule has 0 aliphatic rings. The molecule has 2 aromatic rings. The summed E-state index contributed by atoms with van der Waals surface area (Å²) in [5.41, 5.74) is 6.51. The molecule has 148 valence electrons. The van der Waals surface area contributed by atoms with E-state index < -0.39 is 5.54 Å². The van der Waals surface area contributed by atoms with Crippen molar-refractivity contribution in [3.8, 4) is 11.5 Å². The van der Waals surface area contributed by atoms with E-state index in [0.717, 1.165) is 18.4 Å². The molecule has 2 rings (SSSR count). The van der Waals surface area contributed by atoms with Gasteiger partial charge in [0.1, 0.15) is 5.54 Å². The quantitative estimate of drug-likeness (QED) is 0.659. The molecule has 2 aromatic carbocycles. The molecule has 0 aliphatic heterocycles. The maximum Gasteiger partial charge on any atom is 0.248 e. The van der Waals surface area contributed by atoms with Crippen LogP contribution in [0.1, 0.15) is 39.2 Å². The van der Waals surface area contributed by atoms with Crippen molar-refractivity contribution in [3.05, 3.63) is 54.1 Å². The molecule has 0 heterocycles. The van der Waals surface area contributed by atoms with Gasteiger partial charge in [0.2, 0.25) is 5.91 Å². The normalized spacial score (nSPS) is 12.4. The van der Waals surface area contributed by atoms with Gasteiger partial charge in [-0.25, -0.2) is 0 Å². The Balaban J connectivity index is 0.00000364. The molecular formula is C21H29ClN2O3. The maximum absolute atomic E-state index is 12.7. The molecule has 3 N–H and O–H groups in total. The summed E-state index contributed by atoms with van der Waals surface area (Å²) in [6, 6.07) is 14.7. The number of nitrogens with one attached hydrogen (secondary N) is 1. The average molecular weight is 393 g/mol. The van der Waals surface area contributed by atoms with Gasteiger partial charge >= 0.3 is 0 Å². The number of ether oxygens (including phenoxy) is 2. The van der Waals surface area contributed by atoms with E-state index >= 15 is 0 Å². The van der Waals surface area contributed by atoms with Crippen molar-refractivity contribution in [2.75, 3.05) is 18.5 Å². The van der Waals surface area contributed by atoms with Gasteiger partial charge in [0.25, 0.3) is 0 Å². The third-order valence-corrected chi connectivity index (χ3v) is 3.97. The predicted octanol–water partition coefficient (Wildman–Crippen LogP) is 4.50. The molecule has 1 unspecified atom stereocenters. The van der Waals surface area contributed by atoms with E-state index in [0.29, 0.717) is 30.4 Å². The van der Waals surface area contributed by atoms with Crippen LogP contribution in [-0.4, -0.2) is 19.1 Å². The van der Waals surface area contributed by atoms with Crippen LogP contribution in [0.25, 0.3) is 0 Å². The van der Waals surface area contributed by atoms with Crippen LogP contribution in [0.4, 0.5) is 5.69 Å². The molecule has 0 saturated heterocycles. The smallest absolute Gasteiger partial charge is 0.248 e. The van der Waals surface area contributed by atoms with E-state index in [9.17, 15) is 4.79 Å². The second kappa shape index (κ2) is 10.8. The van der Waals surface area contributed by atoms with Crippen molar-refractivity contribution in [2.45, 2.75) is 39.2 Å². The number of amides is 1. The number of anilines is 1. The summed E-state index contributed by atoms with van der Waals surface area (Å²) in [5.74, 6) is 1.01. The van der Waals surface area contributed by atoms with Crippen molar-refractivity contribution in [1.29, 1.82) is 0 Å². The zero-order valence-corrected chi connectivity index (χ0v) is 17.0. The van der Waals surface area contributed by atoms with E-state index in [4.69, 9.17) is 15.2 Å². The Bertz CT molecular complexity index is 721. The number of nitrogens with two attached hydrogens (primary N) is 1. The Morgan fingerprint density at radius 3 is 2.19 bits per heavy atom. The van der Waals surface area contributed by atoms with Crippen LogP contribution in [0.3, 0.4) is 0 Å². The van der Waals surface area contributed by atoms with E-state index in [1.165, 1.54) is 0 Å². The molecule has 5 nitrogen and oxygen atoms in total. The van der Waals surface area contributed by atoms with Gasteiger partial charge in [0.05, 0.1) is 13.2 Å². The average Bonchev–Trinajstić information content (AvgIpc) is 2.66. The van der Waals surface area contributed by atoms with Crippen LogP contribution in [0.15, 0.2) is 48.5 Å². The first-order valence-corrected chi connectivity index (χ1v) is 9.04. The Labute approximate surface area is 167 Å². The number of halogens is 1. The van der Waals surface area contributed by atoms with Crippen molar-refractivity contribution in [2.24, 2.45) is 5.73 Å². The molecule has 0 fully saturated rings. The zero-order chi connectivity index (χ0) is 19.0. The van der Waals surface area contributed by atoms with Crippen LogP contribution in [0.5, 0.6) is 11.5 Å². The largest absolute Gasteiger partial charge is 0.490 e. The molecule has 6 heteroatoms. The summed E-state index contributed by atoms with van der Waals surface area (Å²) in [5, 5.41) is 2.88. The van der Waals surface area contributed by atoms with Crippen LogP contribution in [-0.2, 0) is 10.3 Å². The fraction of sp³-hybridized carbons (Fsp3) is 0.381. The standard InChI is InChI=1S/C21H28N2O3.ClH/c1-4-13-25-18-12-11-17(15-19(18)26-14-5-2)23-20(24)21(3,22)16-9-7-6-8-10-16;/h6-12,15H,4-5,13-14,22H2,1-3H3,(H,23,24);1H. The highest BCUT2D eigenvalue weighted by molar-refractivity contribution is 5.98. The zero-order valence-electron chi connectivity index (χ0n) is 16.2. The fourth-order valence-electron chi connectivity index (χ4n) is 2.42. The third kappa shape index (κ3) is 6.15. The molecule has 0 saturated carbocycles. The van der Waals surface area contributed by atoms with E-state index in [2.05, 4.69) is 5.32 Å².